The van der Waals surface area contributed by atoms with Crippen molar-refractivity contribution in [3.63, 3.8) is 0 Å². The van der Waals surface area contributed by atoms with Gasteiger partial charge in [-0.2, -0.15) is 5.10 Å². The van der Waals surface area contributed by atoms with E-state index in [0.29, 0.717) is 0 Å². The van der Waals surface area contributed by atoms with Crippen LogP contribution in [0.25, 0.3) is 0 Å². The van der Waals surface area contributed by atoms with E-state index in [1.165, 1.54) is 5.69 Å². The molecule has 0 saturated carbocycles. The molecule has 1 unspecified atom stereocenters. The molecule has 6 heteroatoms. The predicted octanol–water partition coefficient (Wildman–Crippen LogP) is 0.0108. The summed E-state index contributed by atoms with van der Waals surface area (Å²) in [5.41, 5.74) is 1.19. The second kappa shape index (κ2) is 5.49. The molecule has 100 valence electrons. The second-order valence-electron chi connectivity index (χ2n) is 4.77. The first kappa shape index (κ1) is 13.0. The van der Waals surface area contributed by atoms with E-state index < -0.39 is 5.97 Å². The first-order valence-electron chi connectivity index (χ1n) is 6.24. The first-order valence-corrected chi connectivity index (χ1v) is 6.24. The largest absolute Gasteiger partial charge is 0.480 e. The number of nitrogens with zero attached hydrogens (tertiary/aromatic N) is 4. The average Bonchev–Trinajstić information content (AvgIpc) is 2.75. The maximum Gasteiger partial charge on any atom is 0.320 e. The highest BCUT2D eigenvalue weighted by atomic mass is 16.4. The van der Waals surface area contributed by atoms with Crippen molar-refractivity contribution >= 4 is 5.97 Å². The number of aliphatic carboxylic acids is 1. The van der Waals surface area contributed by atoms with Crippen LogP contribution in [-0.4, -0.2) is 62.9 Å². The topological polar surface area (TPSA) is 61.6 Å². The molecule has 0 radical (unpaired) electrons. The average molecular weight is 252 g/mol. The Morgan fingerprint density at radius 1 is 1.44 bits per heavy atom. The Balaban J connectivity index is 1.84. The third kappa shape index (κ3) is 2.88. The van der Waals surface area contributed by atoms with Crippen molar-refractivity contribution < 1.29 is 9.90 Å². The minimum absolute atomic E-state index is 0.385. The van der Waals surface area contributed by atoms with Gasteiger partial charge in [-0.3, -0.25) is 19.3 Å². The summed E-state index contributed by atoms with van der Waals surface area (Å²) < 4.78 is 1.88. The van der Waals surface area contributed by atoms with E-state index in [2.05, 4.69) is 10.00 Å². The highest BCUT2D eigenvalue weighted by molar-refractivity contribution is 5.72. The van der Waals surface area contributed by atoms with Crippen molar-refractivity contribution in [2.24, 2.45) is 7.05 Å². The van der Waals surface area contributed by atoms with Crippen LogP contribution < -0.4 is 0 Å². The normalized spacial score (nSPS) is 19.9. The van der Waals surface area contributed by atoms with Crippen molar-refractivity contribution in [1.82, 2.24) is 19.6 Å². The number of hydrogen-bond acceptors (Lipinski definition) is 4. The molecule has 18 heavy (non-hydrogen) atoms. The standard InChI is InChI=1S/C12H20N4O2/c1-10(12(17)18)16-7-5-15(6-8-16)9-11-3-4-13-14(11)2/h3-4,10H,5-9H2,1-2H3,(H,17,18). The zero-order chi connectivity index (χ0) is 13.1. The number of hydrogen-bond donors (Lipinski definition) is 1. The number of carboxylic acid groups (broad SMARTS) is 1. The Morgan fingerprint density at radius 3 is 2.61 bits per heavy atom. The van der Waals surface area contributed by atoms with Gasteiger partial charge in [-0.15, -0.1) is 0 Å². The number of carbonyl (C=O) groups is 1. The van der Waals surface area contributed by atoms with Crippen molar-refractivity contribution in [3.05, 3.63) is 18.0 Å². The lowest BCUT2D eigenvalue weighted by molar-refractivity contribution is -0.143. The van der Waals surface area contributed by atoms with Crippen LogP contribution in [0.3, 0.4) is 0 Å². The third-order valence-electron chi connectivity index (χ3n) is 3.62. The summed E-state index contributed by atoms with van der Waals surface area (Å²) >= 11 is 0. The molecule has 1 saturated heterocycles. The van der Waals surface area contributed by atoms with Crippen molar-refractivity contribution in [2.45, 2.75) is 19.5 Å². The van der Waals surface area contributed by atoms with Gasteiger partial charge in [0.15, 0.2) is 0 Å². The minimum Gasteiger partial charge on any atom is -0.480 e. The fraction of sp³-hybridized carbons (Fsp3) is 0.667. The molecule has 2 heterocycles. The summed E-state index contributed by atoms with van der Waals surface area (Å²) in [6.45, 7) is 6.06. The van der Waals surface area contributed by atoms with Gasteiger partial charge in [0.05, 0.1) is 5.69 Å². The van der Waals surface area contributed by atoms with E-state index >= 15 is 0 Å². The van der Waals surface area contributed by atoms with E-state index in [1.54, 1.807) is 13.1 Å². The molecule has 1 fully saturated rings. The predicted molar refractivity (Wildman–Crippen MR) is 67.2 cm³/mol. The lowest BCUT2D eigenvalue weighted by atomic mass is 10.2. The maximum atomic E-state index is 10.9. The summed E-state index contributed by atoms with van der Waals surface area (Å²) in [5.74, 6) is -0.741. The number of piperazine rings is 1. The highest BCUT2D eigenvalue weighted by Gasteiger charge is 2.25. The fourth-order valence-electron chi connectivity index (χ4n) is 2.25. The minimum atomic E-state index is -0.741. The molecular weight excluding hydrogens is 232 g/mol. The van der Waals surface area contributed by atoms with Crippen LogP contribution in [0.1, 0.15) is 12.6 Å². The Labute approximate surface area is 107 Å². The Bertz CT molecular complexity index is 410. The zero-order valence-electron chi connectivity index (χ0n) is 10.9. The van der Waals surface area contributed by atoms with Crippen LogP contribution >= 0.6 is 0 Å². The molecule has 1 aromatic rings. The highest BCUT2D eigenvalue weighted by Crippen LogP contribution is 2.10. The SMILES string of the molecule is CC(C(=O)O)N1CCN(Cc2ccnn2C)CC1. The van der Waals surface area contributed by atoms with Crippen LogP contribution in [0.15, 0.2) is 12.3 Å². The maximum absolute atomic E-state index is 10.9. The molecule has 0 aliphatic carbocycles. The Morgan fingerprint density at radius 2 is 2.11 bits per heavy atom. The number of aryl methyl sites for hydroxylation is 1. The van der Waals surface area contributed by atoms with Crippen LogP contribution in [0, 0.1) is 0 Å². The Hall–Kier alpha value is -1.40. The molecule has 0 aromatic carbocycles. The van der Waals surface area contributed by atoms with Gasteiger partial charge in [-0.05, 0) is 13.0 Å². The summed E-state index contributed by atoms with van der Waals surface area (Å²) in [6.07, 6.45) is 1.80. The van der Waals surface area contributed by atoms with Gasteiger partial charge >= 0.3 is 5.97 Å². The molecule has 1 atom stereocenters. The van der Waals surface area contributed by atoms with Crippen LogP contribution in [-0.2, 0) is 18.4 Å². The van der Waals surface area contributed by atoms with E-state index in [-0.39, 0.29) is 6.04 Å². The molecule has 6 nitrogen and oxygen atoms in total. The van der Waals surface area contributed by atoms with Gasteiger partial charge in [-0.25, -0.2) is 0 Å². The Kier molecular flexibility index (Phi) is 3.98. The smallest absolute Gasteiger partial charge is 0.320 e. The van der Waals surface area contributed by atoms with Crippen LogP contribution in [0.4, 0.5) is 0 Å². The first-order chi connectivity index (χ1) is 8.58. The van der Waals surface area contributed by atoms with E-state index in [9.17, 15) is 4.79 Å². The van der Waals surface area contributed by atoms with Crippen molar-refractivity contribution in [2.75, 3.05) is 26.2 Å². The van der Waals surface area contributed by atoms with Crippen molar-refractivity contribution in [3.8, 4) is 0 Å². The summed E-state index contributed by atoms with van der Waals surface area (Å²) in [7, 11) is 1.94. The number of carboxylic acids is 1. The van der Waals surface area contributed by atoms with Crippen LogP contribution in [0.2, 0.25) is 0 Å². The molecule has 1 aromatic heterocycles. The molecule has 2 rings (SSSR count). The number of aromatic nitrogens is 2. The summed E-state index contributed by atoms with van der Waals surface area (Å²) in [5, 5.41) is 13.1. The zero-order valence-corrected chi connectivity index (χ0v) is 10.9. The van der Waals surface area contributed by atoms with E-state index in [1.807, 2.05) is 22.7 Å². The molecular formula is C12H20N4O2. The number of rotatable bonds is 4. The van der Waals surface area contributed by atoms with Crippen molar-refractivity contribution in [1.29, 1.82) is 0 Å². The van der Waals surface area contributed by atoms with Gasteiger partial charge in [-0.1, -0.05) is 0 Å². The fourth-order valence-corrected chi connectivity index (χ4v) is 2.25. The van der Waals surface area contributed by atoms with Gasteiger partial charge in [0, 0.05) is 46.0 Å². The summed E-state index contributed by atoms with van der Waals surface area (Å²) in [6, 6.07) is 1.63. The van der Waals surface area contributed by atoms with Gasteiger partial charge in [0.25, 0.3) is 0 Å². The quantitative estimate of drug-likeness (QED) is 0.818. The summed E-state index contributed by atoms with van der Waals surface area (Å²) in [4.78, 5) is 15.3. The molecule has 1 aliphatic rings. The van der Waals surface area contributed by atoms with Crippen LogP contribution in [0.5, 0.6) is 0 Å². The van der Waals surface area contributed by atoms with Gasteiger partial charge in [0.2, 0.25) is 0 Å². The molecule has 0 bridgehead atoms. The lowest BCUT2D eigenvalue weighted by Crippen LogP contribution is -2.51. The molecule has 1 aliphatic heterocycles. The van der Waals surface area contributed by atoms with Gasteiger partial charge < -0.3 is 5.11 Å². The third-order valence-corrected chi connectivity index (χ3v) is 3.62. The molecule has 1 N–H and O–H groups in total. The molecule has 0 amide bonds. The van der Waals surface area contributed by atoms with Gasteiger partial charge in [0.1, 0.15) is 6.04 Å². The lowest BCUT2D eigenvalue weighted by Gasteiger charge is -2.36. The second-order valence-corrected chi connectivity index (χ2v) is 4.77. The van der Waals surface area contributed by atoms with E-state index in [4.69, 9.17) is 5.11 Å². The monoisotopic (exact) mass is 252 g/mol. The van der Waals surface area contributed by atoms with E-state index in [0.717, 1.165) is 32.7 Å². The molecule has 0 spiro atoms.